The fourth-order valence-corrected chi connectivity index (χ4v) is 3.68. The standard InChI is InChI=1S/C26H25F2N3O2/c1-18-6-9-21(10-7-18)33-15-14-31-24-5-3-2-4-23(24)30-25(31)12-13-29-26(32)17-19-16-20(27)8-11-22(19)28/h2-11,16H,12-15,17H2,1H3,(H,29,32). The van der Waals surface area contributed by atoms with Crippen LogP contribution in [0.4, 0.5) is 8.78 Å². The number of carbonyl (C=O) groups is 1. The predicted octanol–water partition coefficient (Wildman–Crippen LogP) is 4.60. The fourth-order valence-electron chi connectivity index (χ4n) is 3.68. The molecule has 0 spiro atoms. The van der Waals surface area contributed by atoms with Gasteiger partial charge in [-0.05, 0) is 49.4 Å². The number of para-hydroxylation sites is 2. The summed E-state index contributed by atoms with van der Waals surface area (Å²) >= 11 is 0. The SMILES string of the molecule is Cc1ccc(OCCn2c(CCNC(=O)Cc3cc(F)ccc3F)nc3ccccc32)cc1. The van der Waals surface area contributed by atoms with E-state index in [0.717, 1.165) is 40.8 Å². The van der Waals surface area contributed by atoms with Gasteiger partial charge in [-0.2, -0.15) is 0 Å². The first kappa shape index (κ1) is 22.5. The maximum absolute atomic E-state index is 13.8. The van der Waals surface area contributed by atoms with Gasteiger partial charge in [-0.1, -0.05) is 29.8 Å². The van der Waals surface area contributed by atoms with Crippen LogP contribution in [0.2, 0.25) is 0 Å². The van der Waals surface area contributed by atoms with Crippen LogP contribution < -0.4 is 10.1 Å². The maximum atomic E-state index is 13.8. The molecule has 5 nitrogen and oxygen atoms in total. The van der Waals surface area contributed by atoms with Crippen molar-refractivity contribution in [1.82, 2.24) is 14.9 Å². The minimum absolute atomic E-state index is 0.0352. The number of ether oxygens (including phenoxy) is 1. The first-order chi connectivity index (χ1) is 16.0. The molecule has 0 atom stereocenters. The Morgan fingerprint density at radius 3 is 2.67 bits per heavy atom. The van der Waals surface area contributed by atoms with E-state index in [9.17, 15) is 13.6 Å². The molecule has 0 saturated heterocycles. The van der Waals surface area contributed by atoms with E-state index in [2.05, 4.69) is 9.88 Å². The highest BCUT2D eigenvalue weighted by molar-refractivity contribution is 5.78. The molecule has 1 aromatic heterocycles. The zero-order chi connectivity index (χ0) is 23.2. The molecule has 170 valence electrons. The molecule has 0 bridgehead atoms. The van der Waals surface area contributed by atoms with Crippen LogP contribution in [0.3, 0.4) is 0 Å². The molecule has 4 aromatic rings. The molecule has 7 heteroatoms. The molecule has 0 aliphatic rings. The third-order valence-corrected chi connectivity index (χ3v) is 5.37. The lowest BCUT2D eigenvalue weighted by molar-refractivity contribution is -0.120. The first-order valence-electron chi connectivity index (χ1n) is 10.8. The van der Waals surface area contributed by atoms with Crippen molar-refractivity contribution in [3.8, 4) is 5.75 Å². The van der Waals surface area contributed by atoms with Crippen molar-refractivity contribution >= 4 is 16.9 Å². The molecule has 4 rings (SSSR count). The minimum atomic E-state index is -0.595. The van der Waals surface area contributed by atoms with Gasteiger partial charge in [0.2, 0.25) is 5.91 Å². The number of amides is 1. The van der Waals surface area contributed by atoms with Crippen LogP contribution in [0.25, 0.3) is 11.0 Å². The van der Waals surface area contributed by atoms with Crippen LogP contribution in [0.5, 0.6) is 5.75 Å². The summed E-state index contributed by atoms with van der Waals surface area (Å²) in [6, 6.07) is 18.8. The van der Waals surface area contributed by atoms with Gasteiger partial charge >= 0.3 is 0 Å². The van der Waals surface area contributed by atoms with Crippen molar-refractivity contribution in [1.29, 1.82) is 0 Å². The summed E-state index contributed by atoms with van der Waals surface area (Å²) in [6.07, 6.45) is 0.279. The summed E-state index contributed by atoms with van der Waals surface area (Å²) in [5.41, 5.74) is 3.07. The molecule has 0 radical (unpaired) electrons. The number of rotatable bonds is 9. The summed E-state index contributed by atoms with van der Waals surface area (Å²) in [5, 5.41) is 2.77. The number of halogens is 2. The third kappa shape index (κ3) is 5.74. The molecule has 1 amide bonds. The van der Waals surface area contributed by atoms with Crippen LogP contribution >= 0.6 is 0 Å². The van der Waals surface area contributed by atoms with E-state index in [1.807, 2.05) is 55.5 Å². The summed E-state index contributed by atoms with van der Waals surface area (Å²) in [5.74, 6) is 0.0944. The van der Waals surface area contributed by atoms with Gasteiger partial charge in [-0.15, -0.1) is 0 Å². The number of nitrogens with zero attached hydrogens (tertiary/aromatic N) is 2. The number of fused-ring (bicyclic) bond motifs is 1. The Bertz CT molecular complexity index is 1250. The Labute approximate surface area is 191 Å². The van der Waals surface area contributed by atoms with Crippen molar-refractivity contribution in [2.75, 3.05) is 13.2 Å². The molecule has 3 aromatic carbocycles. The Hall–Kier alpha value is -3.74. The monoisotopic (exact) mass is 449 g/mol. The molecule has 1 heterocycles. The second-order valence-electron chi connectivity index (χ2n) is 7.84. The lowest BCUT2D eigenvalue weighted by Crippen LogP contribution is -2.28. The molecule has 1 N–H and O–H groups in total. The second-order valence-corrected chi connectivity index (χ2v) is 7.84. The third-order valence-electron chi connectivity index (χ3n) is 5.37. The Morgan fingerprint density at radius 1 is 1.06 bits per heavy atom. The number of nitrogens with one attached hydrogen (secondary N) is 1. The van der Waals surface area contributed by atoms with Gasteiger partial charge in [-0.3, -0.25) is 4.79 Å². The van der Waals surface area contributed by atoms with E-state index >= 15 is 0 Å². The van der Waals surface area contributed by atoms with Crippen LogP contribution in [0, 0.1) is 18.6 Å². The smallest absolute Gasteiger partial charge is 0.224 e. The van der Waals surface area contributed by atoms with E-state index in [1.165, 1.54) is 5.56 Å². The van der Waals surface area contributed by atoms with Gasteiger partial charge in [-0.25, -0.2) is 13.8 Å². The number of hydrogen-bond donors (Lipinski definition) is 1. The lowest BCUT2D eigenvalue weighted by Gasteiger charge is -2.12. The number of carbonyl (C=O) groups excluding carboxylic acids is 1. The van der Waals surface area contributed by atoms with Crippen LogP contribution in [-0.4, -0.2) is 28.6 Å². The van der Waals surface area contributed by atoms with Gasteiger partial charge in [0, 0.05) is 18.5 Å². The fraction of sp³-hybridized carbons (Fsp3) is 0.231. The molecule has 33 heavy (non-hydrogen) atoms. The number of aryl methyl sites for hydroxylation is 1. The quantitative estimate of drug-likeness (QED) is 0.406. The van der Waals surface area contributed by atoms with E-state index in [4.69, 9.17) is 9.72 Å². The zero-order valence-corrected chi connectivity index (χ0v) is 18.4. The second kappa shape index (κ2) is 10.3. The summed E-state index contributed by atoms with van der Waals surface area (Å²) in [6.45, 7) is 3.44. The van der Waals surface area contributed by atoms with Crippen LogP contribution in [0.1, 0.15) is 17.0 Å². The van der Waals surface area contributed by atoms with Crippen molar-refractivity contribution < 1.29 is 18.3 Å². The highest BCUT2D eigenvalue weighted by atomic mass is 19.1. The highest BCUT2D eigenvalue weighted by Crippen LogP contribution is 2.17. The predicted molar refractivity (Wildman–Crippen MR) is 123 cm³/mol. The van der Waals surface area contributed by atoms with E-state index < -0.39 is 11.6 Å². The summed E-state index contributed by atoms with van der Waals surface area (Å²) in [7, 11) is 0. The first-order valence-corrected chi connectivity index (χ1v) is 10.8. The summed E-state index contributed by atoms with van der Waals surface area (Å²) < 4.78 is 35.1. The average Bonchev–Trinajstić information content (AvgIpc) is 3.15. The Morgan fingerprint density at radius 2 is 1.85 bits per heavy atom. The minimum Gasteiger partial charge on any atom is -0.492 e. The topological polar surface area (TPSA) is 56.1 Å². The van der Waals surface area contributed by atoms with Gasteiger partial charge in [0.1, 0.15) is 29.8 Å². The molecule has 0 aliphatic heterocycles. The number of aromatic nitrogens is 2. The van der Waals surface area contributed by atoms with E-state index in [-0.39, 0.29) is 17.9 Å². The molecule has 0 unspecified atom stereocenters. The van der Waals surface area contributed by atoms with Crippen LogP contribution in [0.15, 0.2) is 66.7 Å². The number of benzene rings is 3. The number of imidazole rings is 1. The van der Waals surface area contributed by atoms with Crippen molar-refractivity contribution in [2.45, 2.75) is 26.3 Å². The van der Waals surface area contributed by atoms with Gasteiger partial charge in [0.25, 0.3) is 0 Å². The normalized spacial score (nSPS) is 11.0. The average molecular weight is 450 g/mol. The lowest BCUT2D eigenvalue weighted by atomic mass is 10.1. The maximum Gasteiger partial charge on any atom is 0.224 e. The van der Waals surface area contributed by atoms with Gasteiger partial charge in [0.05, 0.1) is 24.0 Å². The van der Waals surface area contributed by atoms with Crippen LogP contribution in [-0.2, 0) is 24.2 Å². The molecule has 0 fully saturated rings. The molecule has 0 saturated carbocycles. The van der Waals surface area contributed by atoms with Gasteiger partial charge in [0.15, 0.2) is 0 Å². The molecule has 0 aliphatic carbocycles. The highest BCUT2D eigenvalue weighted by Gasteiger charge is 2.13. The molecular weight excluding hydrogens is 424 g/mol. The molecular formula is C26H25F2N3O2. The number of hydrogen-bond acceptors (Lipinski definition) is 3. The Kier molecular flexibility index (Phi) is 6.98. The van der Waals surface area contributed by atoms with E-state index in [1.54, 1.807) is 0 Å². The van der Waals surface area contributed by atoms with Crippen molar-refractivity contribution in [3.05, 3.63) is 95.3 Å². The van der Waals surface area contributed by atoms with Crippen molar-refractivity contribution in [2.24, 2.45) is 0 Å². The van der Waals surface area contributed by atoms with Gasteiger partial charge < -0.3 is 14.6 Å². The summed E-state index contributed by atoms with van der Waals surface area (Å²) in [4.78, 5) is 16.9. The zero-order valence-electron chi connectivity index (χ0n) is 18.4. The largest absolute Gasteiger partial charge is 0.492 e. The van der Waals surface area contributed by atoms with Crippen molar-refractivity contribution in [3.63, 3.8) is 0 Å². The van der Waals surface area contributed by atoms with E-state index in [0.29, 0.717) is 26.1 Å². The Balaban J connectivity index is 1.38.